The highest BCUT2D eigenvalue weighted by atomic mass is 16.4. The lowest BCUT2D eigenvalue weighted by molar-refractivity contribution is -0.138. The van der Waals surface area contributed by atoms with Crippen molar-refractivity contribution in [1.29, 1.82) is 0 Å². The molecule has 1 saturated carbocycles. The summed E-state index contributed by atoms with van der Waals surface area (Å²) in [6.07, 6.45) is 4.10. The SMILES string of the molecule is CC(C)(C)c1ccc(Nc2nnc(C(=O)Nc3ccc([C@H]4CC[C@H](CC(=O)O)CC4)cc3)o2)cc1. The largest absolute Gasteiger partial charge is 0.481 e. The number of aliphatic carboxylic acids is 1. The van der Waals surface area contributed by atoms with Crippen LogP contribution in [0.5, 0.6) is 0 Å². The van der Waals surface area contributed by atoms with Crippen molar-refractivity contribution in [2.24, 2.45) is 5.92 Å². The van der Waals surface area contributed by atoms with Gasteiger partial charge in [-0.15, -0.1) is 5.10 Å². The van der Waals surface area contributed by atoms with Crippen LogP contribution in [0.15, 0.2) is 52.9 Å². The molecule has 1 aliphatic rings. The quantitative estimate of drug-likeness (QED) is 0.376. The zero-order valence-electron chi connectivity index (χ0n) is 20.4. The van der Waals surface area contributed by atoms with Gasteiger partial charge >= 0.3 is 23.8 Å². The lowest BCUT2D eigenvalue weighted by atomic mass is 9.77. The predicted molar refractivity (Wildman–Crippen MR) is 134 cm³/mol. The first-order valence-electron chi connectivity index (χ1n) is 12.0. The van der Waals surface area contributed by atoms with Crippen molar-refractivity contribution >= 4 is 29.3 Å². The number of amides is 1. The summed E-state index contributed by atoms with van der Waals surface area (Å²) in [5, 5.41) is 22.6. The van der Waals surface area contributed by atoms with Gasteiger partial charge in [0.2, 0.25) is 0 Å². The molecule has 8 nitrogen and oxygen atoms in total. The van der Waals surface area contributed by atoms with Crippen LogP contribution >= 0.6 is 0 Å². The van der Waals surface area contributed by atoms with Crippen LogP contribution in [0.3, 0.4) is 0 Å². The smallest absolute Gasteiger partial charge is 0.320 e. The van der Waals surface area contributed by atoms with Gasteiger partial charge in [0.15, 0.2) is 0 Å². The summed E-state index contributed by atoms with van der Waals surface area (Å²) in [5.41, 5.74) is 3.92. The number of nitrogens with zero attached hydrogens (tertiary/aromatic N) is 2. The van der Waals surface area contributed by atoms with E-state index < -0.39 is 11.9 Å². The maximum Gasteiger partial charge on any atom is 0.320 e. The molecule has 0 aliphatic heterocycles. The lowest BCUT2D eigenvalue weighted by Gasteiger charge is -2.28. The van der Waals surface area contributed by atoms with Gasteiger partial charge in [-0.3, -0.25) is 9.59 Å². The van der Waals surface area contributed by atoms with Gasteiger partial charge in [-0.1, -0.05) is 50.1 Å². The Morgan fingerprint density at radius 2 is 1.57 bits per heavy atom. The topological polar surface area (TPSA) is 117 Å². The number of carbonyl (C=O) groups excluding carboxylic acids is 1. The third-order valence-corrected chi connectivity index (χ3v) is 6.57. The number of carboxylic acids is 1. The fraction of sp³-hybridized carbons (Fsp3) is 0.407. The van der Waals surface area contributed by atoms with Crippen molar-refractivity contribution < 1.29 is 19.1 Å². The molecule has 1 aliphatic carbocycles. The van der Waals surface area contributed by atoms with E-state index in [1.807, 2.05) is 48.5 Å². The first-order valence-corrected chi connectivity index (χ1v) is 12.0. The highest BCUT2D eigenvalue weighted by Crippen LogP contribution is 2.37. The molecule has 1 heterocycles. The second-order valence-corrected chi connectivity index (χ2v) is 10.3. The molecule has 35 heavy (non-hydrogen) atoms. The molecule has 0 atom stereocenters. The van der Waals surface area contributed by atoms with Crippen molar-refractivity contribution in [3.8, 4) is 0 Å². The number of hydrogen-bond donors (Lipinski definition) is 3. The van der Waals surface area contributed by atoms with E-state index in [2.05, 4.69) is 41.6 Å². The van der Waals surface area contributed by atoms with Crippen molar-refractivity contribution in [3.63, 3.8) is 0 Å². The number of rotatable bonds is 7. The van der Waals surface area contributed by atoms with E-state index in [9.17, 15) is 9.59 Å². The summed E-state index contributed by atoms with van der Waals surface area (Å²) in [6.45, 7) is 6.46. The Balaban J connectivity index is 1.30. The van der Waals surface area contributed by atoms with Crippen LogP contribution in [0.1, 0.15) is 80.6 Å². The van der Waals surface area contributed by atoms with E-state index in [1.54, 1.807) is 0 Å². The number of carbonyl (C=O) groups is 2. The molecule has 0 bridgehead atoms. The minimum atomic E-state index is -0.715. The molecule has 0 saturated heterocycles. The molecule has 0 radical (unpaired) electrons. The molecule has 1 fully saturated rings. The minimum absolute atomic E-state index is 0.0634. The van der Waals surface area contributed by atoms with Crippen LogP contribution in [0.25, 0.3) is 0 Å². The zero-order chi connectivity index (χ0) is 25.0. The maximum absolute atomic E-state index is 12.6. The zero-order valence-corrected chi connectivity index (χ0v) is 20.4. The molecule has 184 valence electrons. The second kappa shape index (κ2) is 10.3. The molecule has 3 aromatic rings. The lowest BCUT2D eigenvalue weighted by Crippen LogP contribution is -2.16. The summed E-state index contributed by atoms with van der Waals surface area (Å²) in [4.78, 5) is 23.5. The fourth-order valence-corrected chi connectivity index (χ4v) is 4.51. The molecule has 1 aromatic heterocycles. The molecule has 3 N–H and O–H groups in total. The van der Waals surface area contributed by atoms with Gasteiger partial charge in [-0.2, -0.15) is 0 Å². The molecule has 2 aromatic carbocycles. The van der Waals surface area contributed by atoms with Crippen molar-refractivity contribution in [2.75, 3.05) is 10.6 Å². The van der Waals surface area contributed by atoms with E-state index in [0.717, 1.165) is 31.4 Å². The van der Waals surface area contributed by atoms with Crippen LogP contribution in [-0.4, -0.2) is 27.2 Å². The number of aromatic nitrogens is 2. The Morgan fingerprint density at radius 1 is 0.943 bits per heavy atom. The van der Waals surface area contributed by atoms with Crippen LogP contribution in [0, 0.1) is 5.92 Å². The summed E-state index contributed by atoms with van der Waals surface area (Å²) in [5.74, 6) is -0.617. The van der Waals surface area contributed by atoms with Gasteiger partial charge in [0.1, 0.15) is 0 Å². The number of hydrogen-bond acceptors (Lipinski definition) is 6. The Morgan fingerprint density at radius 3 is 2.17 bits per heavy atom. The average molecular weight is 477 g/mol. The molecule has 1 amide bonds. The van der Waals surface area contributed by atoms with Gasteiger partial charge in [-0.05, 0) is 78.3 Å². The molecule has 0 unspecified atom stereocenters. The summed E-state index contributed by atoms with van der Waals surface area (Å²) >= 11 is 0. The predicted octanol–water partition coefficient (Wildman–Crippen LogP) is 6.11. The summed E-state index contributed by atoms with van der Waals surface area (Å²) < 4.78 is 5.49. The van der Waals surface area contributed by atoms with Gasteiger partial charge < -0.3 is 20.2 Å². The van der Waals surface area contributed by atoms with Gasteiger partial charge in [-0.25, -0.2) is 0 Å². The molecular weight excluding hydrogens is 444 g/mol. The first kappa shape index (κ1) is 24.4. The highest BCUT2D eigenvalue weighted by molar-refractivity contribution is 6.00. The Labute approximate surface area is 205 Å². The van der Waals surface area contributed by atoms with Gasteiger partial charge in [0.25, 0.3) is 0 Å². The van der Waals surface area contributed by atoms with E-state index >= 15 is 0 Å². The standard InChI is InChI=1S/C27H32N4O4/c1-27(2,3)20-10-14-22(15-11-20)29-26-31-30-25(35-26)24(34)28-21-12-8-19(9-13-21)18-6-4-17(5-7-18)16-23(32)33/h8-15,17-18H,4-7,16H2,1-3H3,(H,28,34)(H,29,31)(H,32,33)/t17-,18-. The second-order valence-electron chi connectivity index (χ2n) is 10.3. The third kappa shape index (κ3) is 6.47. The monoisotopic (exact) mass is 476 g/mol. The van der Waals surface area contributed by atoms with Gasteiger partial charge in [0, 0.05) is 17.8 Å². The van der Waals surface area contributed by atoms with Crippen LogP contribution in [0.2, 0.25) is 0 Å². The first-order chi connectivity index (χ1) is 16.7. The third-order valence-electron chi connectivity index (χ3n) is 6.57. The summed E-state index contributed by atoms with van der Waals surface area (Å²) in [7, 11) is 0. The van der Waals surface area contributed by atoms with E-state index in [-0.39, 0.29) is 29.7 Å². The highest BCUT2D eigenvalue weighted by Gasteiger charge is 2.24. The number of carboxylic acid groups (broad SMARTS) is 1. The number of anilines is 3. The molecule has 8 heteroatoms. The van der Waals surface area contributed by atoms with Gasteiger partial charge in [0.05, 0.1) is 0 Å². The van der Waals surface area contributed by atoms with Crippen molar-refractivity contribution in [3.05, 3.63) is 65.5 Å². The van der Waals surface area contributed by atoms with E-state index in [0.29, 0.717) is 11.6 Å². The van der Waals surface area contributed by atoms with Crippen LogP contribution in [0.4, 0.5) is 17.4 Å². The Hall–Kier alpha value is -3.68. The van der Waals surface area contributed by atoms with E-state index in [1.165, 1.54) is 11.1 Å². The maximum atomic E-state index is 12.6. The van der Waals surface area contributed by atoms with Crippen LogP contribution < -0.4 is 10.6 Å². The number of nitrogens with one attached hydrogen (secondary N) is 2. The average Bonchev–Trinajstić information content (AvgIpc) is 3.28. The molecular formula is C27H32N4O4. The molecule has 0 spiro atoms. The normalized spacial score (nSPS) is 18.1. The Bertz CT molecular complexity index is 1160. The van der Waals surface area contributed by atoms with Crippen molar-refractivity contribution in [1.82, 2.24) is 10.2 Å². The molecule has 4 rings (SSSR count). The Kier molecular flexibility index (Phi) is 7.19. The fourth-order valence-electron chi connectivity index (χ4n) is 4.51. The number of benzene rings is 2. The summed E-state index contributed by atoms with van der Waals surface area (Å²) in [6, 6.07) is 15.9. The van der Waals surface area contributed by atoms with E-state index in [4.69, 9.17) is 9.52 Å². The minimum Gasteiger partial charge on any atom is -0.481 e. The van der Waals surface area contributed by atoms with Crippen molar-refractivity contribution in [2.45, 2.75) is 64.2 Å². The van der Waals surface area contributed by atoms with Crippen LogP contribution in [-0.2, 0) is 10.2 Å².